The summed E-state index contributed by atoms with van der Waals surface area (Å²) in [4.78, 5) is 23.3. The number of carbonyl (C=O) groups excluding carboxylic acids is 1. The van der Waals surface area contributed by atoms with Crippen molar-refractivity contribution < 1.29 is 14.7 Å². The molecule has 0 aromatic carbocycles. The van der Waals surface area contributed by atoms with E-state index in [1.165, 1.54) is 5.75 Å². The number of thioether (sulfide) groups is 2. The van der Waals surface area contributed by atoms with Gasteiger partial charge in [0.25, 0.3) is 0 Å². The number of rotatable bonds is 4. The predicted molar refractivity (Wildman–Crippen MR) is 79.6 cm³/mol. The van der Waals surface area contributed by atoms with Crippen LogP contribution in [0.1, 0.15) is 12.8 Å². The highest BCUT2D eigenvalue weighted by Gasteiger charge is 2.34. The van der Waals surface area contributed by atoms with Crippen LogP contribution in [0.5, 0.6) is 0 Å². The Morgan fingerprint density at radius 1 is 1.21 bits per heavy atom. The van der Waals surface area contributed by atoms with E-state index in [-0.39, 0.29) is 5.91 Å². The number of amides is 1. The maximum Gasteiger partial charge on any atom is 0.307 e. The van der Waals surface area contributed by atoms with E-state index >= 15 is 0 Å². The molecule has 4 nitrogen and oxygen atoms in total. The molecule has 0 aromatic heterocycles. The molecule has 1 heterocycles. The first kappa shape index (κ1) is 14.8. The third-order valence-electron chi connectivity index (χ3n) is 3.48. The zero-order valence-electron chi connectivity index (χ0n) is 10.7. The summed E-state index contributed by atoms with van der Waals surface area (Å²) in [5.41, 5.74) is 0. The van der Waals surface area contributed by atoms with Crippen molar-refractivity contribution in [3.63, 3.8) is 0 Å². The van der Waals surface area contributed by atoms with Gasteiger partial charge in [-0.15, -0.1) is 0 Å². The van der Waals surface area contributed by atoms with E-state index in [4.69, 9.17) is 5.11 Å². The molecular weight excluding hydrogens is 282 g/mol. The van der Waals surface area contributed by atoms with E-state index < -0.39 is 17.8 Å². The quantitative estimate of drug-likeness (QED) is 0.772. The highest BCUT2D eigenvalue weighted by atomic mass is 32.2. The molecule has 1 amide bonds. The fourth-order valence-corrected chi connectivity index (χ4v) is 4.99. The van der Waals surface area contributed by atoms with Crippen molar-refractivity contribution in [2.45, 2.75) is 18.1 Å². The Kier molecular flexibility index (Phi) is 5.63. The Labute approximate surface area is 121 Å². The van der Waals surface area contributed by atoms with E-state index in [0.717, 1.165) is 11.5 Å². The first-order valence-electron chi connectivity index (χ1n) is 6.53. The molecule has 2 N–H and O–H groups in total. The summed E-state index contributed by atoms with van der Waals surface area (Å²) in [6, 6.07) is 0. The largest absolute Gasteiger partial charge is 0.481 e. The van der Waals surface area contributed by atoms with E-state index in [0.29, 0.717) is 24.6 Å². The molecule has 1 fully saturated rings. The Bertz CT molecular complexity index is 367. The van der Waals surface area contributed by atoms with Crippen molar-refractivity contribution in [2.75, 3.05) is 23.8 Å². The van der Waals surface area contributed by atoms with Crippen molar-refractivity contribution in [3.05, 3.63) is 12.2 Å². The first-order valence-corrected chi connectivity index (χ1v) is 8.73. The summed E-state index contributed by atoms with van der Waals surface area (Å²) in [5.74, 6) is 1.43. The Hall–Kier alpha value is -0.620. The molecule has 0 spiro atoms. The van der Waals surface area contributed by atoms with Crippen molar-refractivity contribution in [3.8, 4) is 0 Å². The molecule has 2 aliphatic rings. The second kappa shape index (κ2) is 7.24. The van der Waals surface area contributed by atoms with Crippen LogP contribution in [0.25, 0.3) is 0 Å². The number of hydrogen-bond acceptors (Lipinski definition) is 4. The van der Waals surface area contributed by atoms with Crippen molar-refractivity contribution in [1.82, 2.24) is 5.32 Å². The highest BCUT2D eigenvalue weighted by Crippen LogP contribution is 2.27. The zero-order chi connectivity index (χ0) is 13.7. The van der Waals surface area contributed by atoms with Crippen LogP contribution in [0, 0.1) is 11.8 Å². The van der Waals surface area contributed by atoms with Gasteiger partial charge in [-0.2, -0.15) is 23.5 Å². The fourth-order valence-electron chi connectivity index (χ4n) is 2.38. The molecule has 106 valence electrons. The number of nitrogens with one attached hydrogen (secondary N) is 1. The molecule has 0 radical (unpaired) electrons. The Morgan fingerprint density at radius 2 is 1.95 bits per heavy atom. The number of carbonyl (C=O) groups is 2. The normalized spacial score (nSPS) is 30.8. The minimum absolute atomic E-state index is 0.104. The third-order valence-corrected chi connectivity index (χ3v) is 6.32. The van der Waals surface area contributed by atoms with Gasteiger partial charge < -0.3 is 10.4 Å². The maximum absolute atomic E-state index is 12.1. The summed E-state index contributed by atoms with van der Waals surface area (Å²) in [6.07, 6.45) is 4.77. The number of carboxylic acids is 1. The van der Waals surface area contributed by atoms with Gasteiger partial charge in [0, 0.05) is 29.1 Å². The van der Waals surface area contributed by atoms with Crippen LogP contribution >= 0.6 is 23.5 Å². The van der Waals surface area contributed by atoms with Gasteiger partial charge >= 0.3 is 5.97 Å². The SMILES string of the molecule is O=C(O)C1CC=CCC1C(=O)NCC1CSCCS1. The molecule has 19 heavy (non-hydrogen) atoms. The van der Waals surface area contributed by atoms with Crippen molar-refractivity contribution in [1.29, 1.82) is 0 Å². The summed E-state index contributed by atoms with van der Waals surface area (Å²) < 4.78 is 0. The van der Waals surface area contributed by atoms with Crippen molar-refractivity contribution >= 4 is 35.4 Å². The van der Waals surface area contributed by atoms with Gasteiger partial charge in [-0.1, -0.05) is 12.2 Å². The lowest BCUT2D eigenvalue weighted by Gasteiger charge is -2.26. The summed E-state index contributed by atoms with van der Waals surface area (Å²) >= 11 is 3.81. The van der Waals surface area contributed by atoms with E-state index in [1.54, 1.807) is 0 Å². The molecule has 1 saturated heterocycles. The molecule has 3 unspecified atom stereocenters. The predicted octanol–water partition coefficient (Wildman–Crippen LogP) is 1.62. The molecular formula is C13H19NO3S2. The lowest BCUT2D eigenvalue weighted by molar-refractivity contribution is -0.147. The van der Waals surface area contributed by atoms with Gasteiger partial charge in [0.15, 0.2) is 0 Å². The molecule has 1 aliphatic heterocycles. The van der Waals surface area contributed by atoms with Gasteiger partial charge in [0.1, 0.15) is 0 Å². The fraction of sp³-hybridized carbons (Fsp3) is 0.692. The van der Waals surface area contributed by atoms with Gasteiger partial charge in [0.2, 0.25) is 5.91 Å². The van der Waals surface area contributed by atoms with Crippen LogP contribution in [0.2, 0.25) is 0 Å². The molecule has 0 bridgehead atoms. The first-order chi connectivity index (χ1) is 9.18. The topological polar surface area (TPSA) is 66.4 Å². The second-order valence-corrected chi connectivity index (χ2v) is 7.36. The third kappa shape index (κ3) is 4.18. The molecule has 3 atom stereocenters. The van der Waals surface area contributed by atoms with Crippen molar-refractivity contribution in [2.24, 2.45) is 11.8 Å². The number of carboxylic acid groups (broad SMARTS) is 1. The zero-order valence-corrected chi connectivity index (χ0v) is 12.3. The molecule has 0 saturated carbocycles. The highest BCUT2D eigenvalue weighted by molar-refractivity contribution is 8.06. The van der Waals surface area contributed by atoms with Gasteiger partial charge in [-0.25, -0.2) is 0 Å². The minimum Gasteiger partial charge on any atom is -0.481 e. The van der Waals surface area contributed by atoms with Gasteiger partial charge in [-0.3, -0.25) is 9.59 Å². The monoisotopic (exact) mass is 301 g/mol. The number of hydrogen-bond donors (Lipinski definition) is 2. The average molecular weight is 301 g/mol. The smallest absolute Gasteiger partial charge is 0.307 e. The van der Waals surface area contributed by atoms with Gasteiger partial charge in [0.05, 0.1) is 11.8 Å². The average Bonchev–Trinajstić information content (AvgIpc) is 2.46. The van der Waals surface area contributed by atoms with Crippen LogP contribution in [0.3, 0.4) is 0 Å². The van der Waals surface area contributed by atoms with E-state index in [2.05, 4.69) is 5.32 Å². The Morgan fingerprint density at radius 3 is 2.58 bits per heavy atom. The van der Waals surface area contributed by atoms with Crippen LogP contribution in [-0.2, 0) is 9.59 Å². The molecule has 2 rings (SSSR count). The van der Waals surface area contributed by atoms with Crippen LogP contribution in [0.4, 0.5) is 0 Å². The lowest BCUT2D eigenvalue weighted by atomic mass is 9.82. The lowest BCUT2D eigenvalue weighted by Crippen LogP contribution is -2.41. The standard InChI is InChI=1S/C13H19NO3S2/c15-12(14-7-9-8-18-5-6-19-9)10-3-1-2-4-11(10)13(16)17/h1-2,9-11H,3-8H2,(H,14,15)(H,16,17). The van der Waals surface area contributed by atoms with E-state index in [1.807, 2.05) is 35.7 Å². The van der Waals surface area contributed by atoms with Crippen LogP contribution in [-0.4, -0.2) is 46.0 Å². The van der Waals surface area contributed by atoms with Gasteiger partial charge in [-0.05, 0) is 12.8 Å². The number of allylic oxidation sites excluding steroid dienone is 2. The summed E-state index contributed by atoms with van der Waals surface area (Å²) in [7, 11) is 0. The summed E-state index contributed by atoms with van der Waals surface area (Å²) in [6.45, 7) is 0.656. The van der Waals surface area contributed by atoms with Crippen LogP contribution in [0.15, 0.2) is 12.2 Å². The van der Waals surface area contributed by atoms with E-state index in [9.17, 15) is 9.59 Å². The van der Waals surface area contributed by atoms with Crippen LogP contribution < -0.4 is 5.32 Å². The number of aliphatic carboxylic acids is 1. The molecule has 0 aromatic rings. The summed E-state index contributed by atoms with van der Waals surface area (Å²) in [5, 5.41) is 12.6. The molecule has 1 aliphatic carbocycles. The maximum atomic E-state index is 12.1. The minimum atomic E-state index is -0.868. The Balaban J connectivity index is 1.84. The second-order valence-electron chi connectivity index (χ2n) is 4.81. The molecule has 6 heteroatoms.